The summed E-state index contributed by atoms with van der Waals surface area (Å²) < 4.78 is 15.0. The number of anilines is 1. The first kappa shape index (κ1) is 53.0. The largest absolute Gasteiger partial charge is 0.462 e. The van der Waals surface area contributed by atoms with Crippen LogP contribution in [0.5, 0.6) is 0 Å². The van der Waals surface area contributed by atoms with Gasteiger partial charge in [0.2, 0.25) is 0 Å². The van der Waals surface area contributed by atoms with Crippen molar-refractivity contribution in [2.45, 2.75) is 63.4 Å². The number of pyridine rings is 2. The van der Waals surface area contributed by atoms with E-state index >= 15 is 0 Å². The van der Waals surface area contributed by atoms with Crippen molar-refractivity contribution in [3.05, 3.63) is 187 Å². The van der Waals surface area contributed by atoms with Gasteiger partial charge >= 0.3 is 17.9 Å². The minimum Gasteiger partial charge on any atom is -0.462 e. The van der Waals surface area contributed by atoms with E-state index in [4.69, 9.17) is 19.9 Å². The van der Waals surface area contributed by atoms with E-state index in [1.165, 1.54) is 71.9 Å². The van der Waals surface area contributed by atoms with Crippen LogP contribution >= 0.6 is 35.3 Å². The molecule has 3 aromatic carbocycles. The van der Waals surface area contributed by atoms with Gasteiger partial charge in [-0.2, -0.15) is 15.3 Å². The molecule has 0 aliphatic carbocycles. The summed E-state index contributed by atoms with van der Waals surface area (Å²) in [6.45, 7) is 6.30. The molecule has 0 unspecified atom stereocenters. The van der Waals surface area contributed by atoms with Crippen molar-refractivity contribution >= 4 is 70.4 Å². The number of rotatable bonds is 18. The molecule has 0 fully saturated rings. The topological polar surface area (TPSA) is 303 Å². The first-order valence-electron chi connectivity index (χ1n) is 21.7. The Morgan fingerprint density at radius 3 is 1.22 bits per heavy atom. The van der Waals surface area contributed by atoms with Crippen LogP contribution in [0.4, 0.5) is 17.2 Å². The number of carbonyl (C=O) groups is 3. The van der Waals surface area contributed by atoms with Crippen molar-refractivity contribution in [3.63, 3.8) is 0 Å². The Hall–Kier alpha value is -8.35. The number of nitrogens with one attached hydrogen (secondary N) is 3. The highest BCUT2D eigenvalue weighted by Gasteiger charge is 2.18. The van der Waals surface area contributed by atoms with E-state index in [9.17, 15) is 34.6 Å². The molecule has 72 heavy (non-hydrogen) atoms. The smallest absolute Gasteiger partial charge is 0.338 e. The molecule has 370 valence electrons. The predicted molar refractivity (Wildman–Crippen MR) is 267 cm³/mol. The standard InChI is InChI=1S/2C18H16N4O4S.C12H13N3O2S/c2*1-2-26-18(23)12-5-3-6-14(9-12)27-17-11-13(20-21-17)10-15-16(22(24)25)7-4-8-19-15;1-2-17-12(16)8-4-3-5-9(6-8)18-11-7-10(13)14-15-11/h2*3-9,11H,2,10H2,1H3,(H,20,21);3-7H,2H2,1H3,(H3,13,14,15). The number of nitrogens with two attached hydrogens (primary N) is 1. The van der Waals surface area contributed by atoms with Gasteiger partial charge in [0, 0.05) is 69.5 Å². The summed E-state index contributed by atoms with van der Waals surface area (Å²) in [4.78, 5) is 67.3. The van der Waals surface area contributed by atoms with E-state index in [2.05, 4.69) is 40.6 Å². The fraction of sp³-hybridized carbons (Fsp3) is 0.167. The van der Waals surface area contributed by atoms with E-state index in [0.29, 0.717) is 75.2 Å². The van der Waals surface area contributed by atoms with Crippen LogP contribution in [0.3, 0.4) is 0 Å². The van der Waals surface area contributed by atoms with Crippen LogP contribution in [0.15, 0.2) is 157 Å². The molecule has 0 radical (unpaired) electrons. The highest BCUT2D eigenvalue weighted by Crippen LogP contribution is 2.31. The van der Waals surface area contributed by atoms with E-state index < -0.39 is 9.85 Å². The van der Waals surface area contributed by atoms with Crippen molar-refractivity contribution in [2.75, 3.05) is 25.6 Å². The second kappa shape index (κ2) is 26.6. The molecule has 0 amide bonds. The molecule has 21 nitrogen and oxygen atoms in total. The molecule has 5 N–H and O–H groups in total. The van der Waals surface area contributed by atoms with Gasteiger partial charge in [-0.15, -0.1) is 0 Å². The van der Waals surface area contributed by atoms with Gasteiger partial charge in [-0.05, 0) is 99.6 Å². The highest BCUT2D eigenvalue weighted by molar-refractivity contribution is 7.99. The van der Waals surface area contributed by atoms with Gasteiger partial charge in [0.05, 0.1) is 46.4 Å². The fourth-order valence-corrected chi connectivity index (χ4v) is 8.81. The maximum absolute atomic E-state index is 11.8. The molecule has 5 aromatic heterocycles. The van der Waals surface area contributed by atoms with E-state index in [1.807, 2.05) is 24.3 Å². The molecular formula is C48H45N11O10S3. The van der Waals surface area contributed by atoms with Gasteiger partial charge < -0.3 is 19.9 Å². The fourth-order valence-electron chi connectivity index (χ4n) is 6.23. The van der Waals surface area contributed by atoms with Gasteiger partial charge in [-0.3, -0.25) is 45.5 Å². The summed E-state index contributed by atoms with van der Waals surface area (Å²) >= 11 is 4.18. The average Bonchev–Trinajstić information content (AvgIpc) is 4.13. The SMILES string of the molecule is CCOC(=O)c1cccc(Sc2cc(Cc3ncccc3[N+](=O)[O-])[nH]n2)c1.CCOC(=O)c1cccc(Sc2cc(Cc3ncccc3[N+](=O)[O-])[nH]n2)c1.CCOC(=O)c1cccc(Sc2cc(N)[nH]n2)c1. The monoisotopic (exact) mass is 1030 g/mol. The molecular weight excluding hydrogens is 987 g/mol. The zero-order chi connectivity index (χ0) is 51.4. The molecule has 24 heteroatoms. The van der Waals surface area contributed by atoms with Crippen LogP contribution in [0.1, 0.15) is 74.6 Å². The number of carbonyl (C=O) groups excluding carboxylic acids is 3. The van der Waals surface area contributed by atoms with Gasteiger partial charge in [0.15, 0.2) is 0 Å². The molecule has 8 aromatic rings. The molecule has 0 saturated heterocycles. The summed E-state index contributed by atoms with van der Waals surface area (Å²) in [5.41, 5.74) is 9.13. The number of benzene rings is 3. The molecule has 8 rings (SSSR count). The summed E-state index contributed by atoms with van der Waals surface area (Å²) in [7, 11) is 0. The molecule has 0 atom stereocenters. The zero-order valence-corrected chi connectivity index (χ0v) is 41.1. The number of ether oxygens (including phenoxy) is 3. The Labute approximate surface area is 423 Å². The van der Waals surface area contributed by atoms with Crippen LogP contribution in [0, 0.1) is 20.2 Å². The average molecular weight is 1030 g/mol. The van der Waals surface area contributed by atoms with Gasteiger partial charge in [-0.1, -0.05) is 53.5 Å². The number of aromatic amines is 3. The van der Waals surface area contributed by atoms with Gasteiger partial charge in [-0.25, -0.2) is 14.4 Å². The number of H-pyrrole nitrogens is 3. The second-order valence-electron chi connectivity index (χ2n) is 14.5. The van der Waals surface area contributed by atoms with Crippen molar-refractivity contribution in [1.29, 1.82) is 0 Å². The third-order valence-corrected chi connectivity index (χ3v) is 12.1. The minimum atomic E-state index is -0.449. The Kier molecular flexibility index (Phi) is 19.6. The Morgan fingerprint density at radius 1 is 0.528 bits per heavy atom. The number of hydrogen-bond acceptors (Lipinski definition) is 19. The highest BCUT2D eigenvalue weighted by atomic mass is 32.2. The third-order valence-electron chi connectivity index (χ3n) is 9.33. The normalized spacial score (nSPS) is 10.5. The quantitative estimate of drug-likeness (QED) is 0.0269. The number of esters is 3. The molecule has 0 spiro atoms. The van der Waals surface area contributed by atoms with E-state index in [1.54, 1.807) is 87.5 Å². The molecule has 5 heterocycles. The van der Waals surface area contributed by atoms with Crippen molar-refractivity contribution in [2.24, 2.45) is 0 Å². The summed E-state index contributed by atoms with van der Waals surface area (Å²) in [6.07, 6.45) is 3.59. The van der Waals surface area contributed by atoms with Crippen LogP contribution in [-0.4, -0.2) is 88.1 Å². The molecule has 0 bridgehead atoms. The third kappa shape index (κ3) is 15.8. The van der Waals surface area contributed by atoms with Gasteiger partial charge in [0.1, 0.15) is 32.3 Å². The molecule has 0 aliphatic rings. The summed E-state index contributed by atoms with van der Waals surface area (Å²) in [6, 6.07) is 32.6. The predicted octanol–water partition coefficient (Wildman–Crippen LogP) is 9.58. The number of nitrogen functional groups attached to an aromatic ring is 1. The van der Waals surface area contributed by atoms with Crippen molar-refractivity contribution in [1.82, 2.24) is 40.6 Å². The maximum Gasteiger partial charge on any atom is 0.338 e. The van der Waals surface area contributed by atoms with Crippen LogP contribution < -0.4 is 5.73 Å². The maximum atomic E-state index is 11.8. The number of hydrogen-bond donors (Lipinski definition) is 4. The number of aromatic nitrogens is 8. The summed E-state index contributed by atoms with van der Waals surface area (Å²) in [5, 5.41) is 45.2. The Morgan fingerprint density at radius 2 is 0.889 bits per heavy atom. The van der Waals surface area contributed by atoms with E-state index in [-0.39, 0.29) is 42.1 Å². The second-order valence-corrected chi connectivity index (χ2v) is 17.8. The van der Waals surface area contributed by atoms with Crippen molar-refractivity contribution in [3.8, 4) is 0 Å². The van der Waals surface area contributed by atoms with Crippen LogP contribution in [0.25, 0.3) is 0 Å². The lowest BCUT2D eigenvalue weighted by molar-refractivity contribution is -0.386. The Balaban J connectivity index is 0.000000180. The first-order valence-corrected chi connectivity index (χ1v) is 24.2. The van der Waals surface area contributed by atoms with E-state index in [0.717, 1.165) is 19.7 Å². The first-order chi connectivity index (χ1) is 34.8. The zero-order valence-electron chi connectivity index (χ0n) is 38.7. The Bertz CT molecular complexity index is 2990. The lowest BCUT2D eigenvalue weighted by Gasteiger charge is -2.03. The van der Waals surface area contributed by atoms with Crippen molar-refractivity contribution < 1.29 is 38.4 Å². The lowest BCUT2D eigenvalue weighted by atomic mass is 10.2. The lowest BCUT2D eigenvalue weighted by Crippen LogP contribution is -2.04. The van der Waals surface area contributed by atoms with Crippen LogP contribution in [-0.2, 0) is 27.1 Å². The number of nitrogens with zero attached hydrogens (tertiary/aromatic N) is 7. The summed E-state index contributed by atoms with van der Waals surface area (Å²) in [5.74, 6) is -0.546. The molecule has 0 aliphatic heterocycles. The van der Waals surface area contributed by atoms with Gasteiger partial charge in [0.25, 0.3) is 11.4 Å². The van der Waals surface area contributed by atoms with Crippen LogP contribution in [0.2, 0.25) is 0 Å². The number of nitro groups is 2. The molecule has 0 saturated carbocycles. The minimum absolute atomic E-state index is 0.0246.